The average molecular weight is 457 g/mol. The van der Waals surface area contributed by atoms with E-state index in [1.165, 1.54) is 38.5 Å². The minimum atomic E-state index is 0.131. The molecule has 4 rings (SSSR count). The number of likely N-dealkylation sites (tertiary alicyclic amines) is 1. The smallest absolute Gasteiger partial charge is 0.253 e. The van der Waals surface area contributed by atoms with Gasteiger partial charge in [-0.15, -0.1) is 0 Å². The molecule has 1 atom stereocenters. The Kier molecular flexibility index (Phi) is 8.82. The highest BCUT2D eigenvalue weighted by molar-refractivity contribution is 5.94. The molecule has 0 bridgehead atoms. The number of hydrogen-bond acceptors (Lipinski definition) is 3. The molecule has 4 heteroatoms. The van der Waals surface area contributed by atoms with Gasteiger partial charge < -0.3 is 15.0 Å². The van der Waals surface area contributed by atoms with Crippen LogP contribution in [-0.2, 0) is 0 Å². The maximum absolute atomic E-state index is 13.1. The zero-order valence-corrected chi connectivity index (χ0v) is 20.3. The van der Waals surface area contributed by atoms with E-state index in [2.05, 4.69) is 23.2 Å². The van der Waals surface area contributed by atoms with Crippen molar-refractivity contribution in [1.82, 2.24) is 10.2 Å². The van der Waals surface area contributed by atoms with Gasteiger partial charge in [0.25, 0.3) is 5.91 Å². The first-order chi connectivity index (χ1) is 16.7. The van der Waals surface area contributed by atoms with Crippen molar-refractivity contribution >= 4 is 5.91 Å². The SMILES string of the molecule is COc1ccc(C#Cc2ccc(C(=O)N3CCCC(CNCCC4=CCCCC4)C3)cc2)cc1. The second kappa shape index (κ2) is 12.4. The van der Waals surface area contributed by atoms with Gasteiger partial charge >= 0.3 is 0 Å². The summed E-state index contributed by atoms with van der Waals surface area (Å²) in [4.78, 5) is 15.1. The lowest BCUT2D eigenvalue weighted by Crippen LogP contribution is -2.43. The Morgan fingerprint density at radius 1 is 1.03 bits per heavy atom. The van der Waals surface area contributed by atoms with Crippen LogP contribution in [0.1, 0.15) is 66.4 Å². The molecule has 2 aromatic rings. The summed E-state index contributed by atoms with van der Waals surface area (Å²) in [6.07, 6.45) is 11.1. The first-order valence-corrected chi connectivity index (χ1v) is 12.7. The molecule has 0 saturated carbocycles. The third-order valence-electron chi connectivity index (χ3n) is 6.82. The number of benzene rings is 2. The highest BCUT2D eigenvalue weighted by atomic mass is 16.5. The lowest BCUT2D eigenvalue weighted by Gasteiger charge is -2.33. The topological polar surface area (TPSA) is 41.6 Å². The van der Waals surface area contributed by atoms with Gasteiger partial charge in [0.2, 0.25) is 0 Å². The zero-order valence-electron chi connectivity index (χ0n) is 20.3. The molecule has 1 amide bonds. The average Bonchev–Trinajstić information content (AvgIpc) is 2.91. The van der Waals surface area contributed by atoms with E-state index in [9.17, 15) is 4.79 Å². The van der Waals surface area contributed by atoms with Crippen molar-refractivity contribution in [3.63, 3.8) is 0 Å². The van der Waals surface area contributed by atoms with Gasteiger partial charge in [-0.3, -0.25) is 4.79 Å². The van der Waals surface area contributed by atoms with Crippen LogP contribution < -0.4 is 10.1 Å². The number of amides is 1. The van der Waals surface area contributed by atoms with Crippen molar-refractivity contribution in [1.29, 1.82) is 0 Å². The Morgan fingerprint density at radius 3 is 2.44 bits per heavy atom. The standard InChI is InChI=1S/C30H36N2O2/c1-34-29-17-13-26(14-18-29)10-9-25-11-15-28(16-12-25)30(33)32-21-5-8-27(23-32)22-31-20-19-24-6-3-2-4-7-24/h6,11-18,27,31H,2-5,7-8,19-23H2,1H3. The van der Waals surface area contributed by atoms with E-state index in [0.717, 1.165) is 55.0 Å². The molecule has 2 aromatic carbocycles. The third kappa shape index (κ3) is 6.98. The van der Waals surface area contributed by atoms with Crippen molar-refractivity contribution < 1.29 is 9.53 Å². The molecule has 178 valence electrons. The predicted molar refractivity (Wildman–Crippen MR) is 138 cm³/mol. The summed E-state index contributed by atoms with van der Waals surface area (Å²) in [5.74, 6) is 7.83. The van der Waals surface area contributed by atoms with Gasteiger partial charge in [0.1, 0.15) is 5.75 Å². The first kappa shape index (κ1) is 24.1. The maximum Gasteiger partial charge on any atom is 0.253 e. The van der Waals surface area contributed by atoms with E-state index in [1.807, 2.05) is 53.4 Å². The summed E-state index contributed by atoms with van der Waals surface area (Å²) in [6, 6.07) is 15.4. The fraction of sp³-hybridized carbons (Fsp3) is 0.433. The second-order valence-corrected chi connectivity index (χ2v) is 9.38. The van der Waals surface area contributed by atoms with Gasteiger partial charge in [-0.2, -0.15) is 0 Å². The number of nitrogens with zero attached hydrogens (tertiary/aromatic N) is 1. The van der Waals surface area contributed by atoms with E-state index in [4.69, 9.17) is 4.74 Å². The van der Waals surface area contributed by atoms with Gasteiger partial charge in [0, 0.05) is 29.8 Å². The number of carbonyl (C=O) groups excluding carboxylic acids is 1. The third-order valence-corrected chi connectivity index (χ3v) is 6.82. The van der Waals surface area contributed by atoms with Crippen LogP contribution in [0.3, 0.4) is 0 Å². The Bertz CT molecular complexity index is 1030. The lowest BCUT2D eigenvalue weighted by atomic mass is 9.96. The summed E-state index contributed by atoms with van der Waals surface area (Å²) in [6.45, 7) is 3.74. The molecule has 4 nitrogen and oxygen atoms in total. The maximum atomic E-state index is 13.1. The number of hydrogen-bond donors (Lipinski definition) is 1. The number of rotatable bonds is 7. The number of piperidine rings is 1. The van der Waals surface area contributed by atoms with Crippen molar-refractivity contribution in [2.45, 2.75) is 44.9 Å². The van der Waals surface area contributed by atoms with E-state index in [1.54, 1.807) is 12.7 Å². The van der Waals surface area contributed by atoms with Gasteiger partial charge in [0.15, 0.2) is 0 Å². The van der Waals surface area contributed by atoms with E-state index < -0.39 is 0 Å². The monoisotopic (exact) mass is 456 g/mol. The highest BCUT2D eigenvalue weighted by Gasteiger charge is 2.24. The van der Waals surface area contributed by atoms with Crippen LogP contribution in [0.2, 0.25) is 0 Å². The molecule has 1 fully saturated rings. The molecular weight excluding hydrogens is 420 g/mol. The molecule has 0 radical (unpaired) electrons. The van der Waals surface area contributed by atoms with Crippen LogP contribution in [0.15, 0.2) is 60.2 Å². The normalized spacial score (nSPS) is 18.0. The predicted octanol–water partition coefficient (Wildman–Crippen LogP) is 5.43. The number of nitrogens with one attached hydrogen (secondary N) is 1. The largest absolute Gasteiger partial charge is 0.497 e. The fourth-order valence-corrected chi connectivity index (χ4v) is 4.80. The second-order valence-electron chi connectivity index (χ2n) is 9.38. The van der Waals surface area contributed by atoms with Crippen LogP contribution in [0.4, 0.5) is 0 Å². The number of ether oxygens (including phenoxy) is 1. The van der Waals surface area contributed by atoms with Crippen molar-refractivity contribution in [2.24, 2.45) is 5.92 Å². The molecule has 1 unspecified atom stereocenters. The van der Waals surface area contributed by atoms with Gasteiger partial charge in [-0.05, 0) is 112 Å². The minimum Gasteiger partial charge on any atom is -0.497 e. The van der Waals surface area contributed by atoms with Crippen LogP contribution in [0, 0.1) is 17.8 Å². The molecular formula is C30H36N2O2. The summed E-state index contributed by atoms with van der Waals surface area (Å²) in [5, 5.41) is 3.64. The summed E-state index contributed by atoms with van der Waals surface area (Å²) < 4.78 is 5.18. The zero-order chi connectivity index (χ0) is 23.6. The molecule has 1 aliphatic heterocycles. The molecule has 2 aliphatic rings. The number of carbonyl (C=O) groups is 1. The van der Waals surface area contributed by atoms with Crippen molar-refractivity contribution in [2.75, 3.05) is 33.3 Å². The summed E-state index contributed by atoms with van der Waals surface area (Å²) >= 11 is 0. The molecule has 1 saturated heterocycles. The molecule has 0 aromatic heterocycles. The molecule has 0 spiro atoms. The summed E-state index contributed by atoms with van der Waals surface area (Å²) in [5.41, 5.74) is 4.20. The first-order valence-electron chi connectivity index (χ1n) is 12.7. The van der Waals surface area contributed by atoms with Gasteiger partial charge in [-0.1, -0.05) is 23.5 Å². The van der Waals surface area contributed by atoms with E-state index in [0.29, 0.717) is 5.92 Å². The lowest BCUT2D eigenvalue weighted by molar-refractivity contribution is 0.0673. The minimum absolute atomic E-state index is 0.131. The highest BCUT2D eigenvalue weighted by Crippen LogP contribution is 2.21. The van der Waals surface area contributed by atoms with E-state index >= 15 is 0 Å². The van der Waals surface area contributed by atoms with Gasteiger partial charge in [-0.25, -0.2) is 0 Å². The molecule has 1 aliphatic carbocycles. The molecule has 1 N–H and O–H groups in total. The molecule has 34 heavy (non-hydrogen) atoms. The van der Waals surface area contributed by atoms with Crippen LogP contribution in [-0.4, -0.2) is 44.1 Å². The Balaban J connectivity index is 1.25. The van der Waals surface area contributed by atoms with Crippen molar-refractivity contribution in [3.05, 3.63) is 76.9 Å². The van der Waals surface area contributed by atoms with E-state index in [-0.39, 0.29) is 5.91 Å². The van der Waals surface area contributed by atoms with Crippen LogP contribution in [0.25, 0.3) is 0 Å². The molecule has 1 heterocycles. The Hall–Kier alpha value is -3.03. The number of allylic oxidation sites excluding steroid dienone is 1. The Labute approximate surface area is 204 Å². The number of methoxy groups -OCH3 is 1. The van der Waals surface area contributed by atoms with Gasteiger partial charge in [0.05, 0.1) is 7.11 Å². The fourth-order valence-electron chi connectivity index (χ4n) is 4.80. The van der Waals surface area contributed by atoms with Crippen LogP contribution >= 0.6 is 0 Å². The quantitative estimate of drug-likeness (QED) is 0.343. The summed E-state index contributed by atoms with van der Waals surface area (Å²) in [7, 11) is 1.65. The Morgan fingerprint density at radius 2 is 1.76 bits per heavy atom. The van der Waals surface area contributed by atoms with Crippen molar-refractivity contribution in [3.8, 4) is 17.6 Å². The van der Waals surface area contributed by atoms with Crippen LogP contribution in [0.5, 0.6) is 5.75 Å².